The Balaban J connectivity index is 3.71. The van der Waals surface area contributed by atoms with E-state index in [0.29, 0.717) is 13.1 Å². The summed E-state index contributed by atoms with van der Waals surface area (Å²) >= 11 is 0. The van der Waals surface area contributed by atoms with Gasteiger partial charge in [-0.25, -0.2) is 9.18 Å². The average Bonchev–Trinajstić information content (AvgIpc) is 1.99. The first kappa shape index (κ1) is 10.4. The summed E-state index contributed by atoms with van der Waals surface area (Å²) in [6.45, 7) is 5.10. The lowest BCUT2D eigenvalue weighted by Crippen LogP contribution is -2.34. The summed E-state index contributed by atoms with van der Waals surface area (Å²) in [5.74, 6) is -1.38. The molecule has 0 aromatic heterocycles. The van der Waals surface area contributed by atoms with E-state index in [1.165, 1.54) is 0 Å². The maximum absolute atomic E-state index is 12.5. The standard InChI is InChI=1S/C7H14FNO2/c1-3-9(4-2)5-6(8)7(10)11/h6H,3-5H2,1-2H3,(H,10,11). The average molecular weight is 163 g/mol. The van der Waals surface area contributed by atoms with Crippen molar-refractivity contribution in [3.05, 3.63) is 0 Å². The van der Waals surface area contributed by atoms with Crippen LogP contribution >= 0.6 is 0 Å². The zero-order chi connectivity index (χ0) is 8.85. The highest BCUT2D eigenvalue weighted by Crippen LogP contribution is 1.96. The van der Waals surface area contributed by atoms with E-state index < -0.39 is 12.1 Å². The zero-order valence-corrected chi connectivity index (χ0v) is 6.88. The van der Waals surface area contributed by atoms with Gasteiger partial charge in [0.2, 0.25) is 6.17 Å². The second kappa shape index (κ2) is 5.07. The molecule has 0 amide bonds. The van der Waals surface area contributed by atoms with Crippen LogP contribution in [-0.2, 0) is 4.79 Å². The van der Waals surface area contributed by atoms with E-state index in [0.717, 1.165) is 0 Å². The quantitative estimate of drug-likeness (QED) is 0.650. The van der Waals surface area contributed by atoms with Crippen LogP contribution < -0.4 is 0 Å². The minimum absolute atomic E-state index is 0.0116. The lowest BCUT2D eigenvalue weighted by atomic mass is 10.3. The van der Waals surface area contributed by atoms with E-state index in [9.17, 15) is 9.18 Å². The Bertz CT molecular complexity index is 126. The first-order valence-electron chi connectivity index (χ1n) is 3.71. The van der Waals surface area contributed by atoms with Gasteiger partial charge in [0, 0.05) is 6.54 Å². The van der Waals surface area contributed by atoms with Crippen LogP contribution in [0.2, 0.25) is 0 Å². The van der Waals surface area contributed by atoms with Crippen LogP contribution in [0.3, 0.4) is 0 Å². The molecule has 4 heteroatoms. The Morgan fingerprint density at radius 1 is 1.55 bits per heavy atom. The van der Waals surface area contributed by atoms with E-state index in [1.807, 2.05) is 13.8 Å². The minimum atomic E-state index is -1.75. The molecule has 0 aromatic carbocycles. The van der Waals surface area contributed by atoms with Crippen molar-refractivity contribution in [1.29, 1.82) is 0 Å². The molecule has 0 aromatic rings. The fourth-order valence-electron chi connectivity index (χ4n) is 0.787. The predicted octanol–water partition coefficient (Wildman–Crippen LogP) is 0.751. The zero-order valence-electron chi connectivity index (χ0n) is 6.88. The Kier molecular flexibility index (Phi) is 4.77. The maximum Gasteiger partial charge on any atom is 0.339 e. The van der Waals surface area contributed by atoms with Gasteiger partial charge in [0.1, 0.15) is 0 Å². The molecule has 0 fully saturated rings. The third-order valence-electron chi connectivity index (χ3n) is 1.58. The molecule has 0 rings (SSSR count). The molecule has 0 aliphatic heterocycles. The highest BCUT2D eigenvalue weighted by molar-refractivity contribution is 5.72. The van der Waals surface area contributed by atoms with E-state index in [-0.39, 0.29) is 6.54 Å². The van der Waals surface area contributed by atoms with Crippen molar-refractivity contribution < 1.29 is 14.3 Å². The third kappa shape index (κ3) is 3.93. The maximum atomic E-state index is 12.5. The van der Waals surface area contributed by atoms with Crippen molar-refractivity contribution in [3.63, 3.8) is 0 Å². The van der Waals surface area contributed by atoms with E-state index in [2.05, 4.69) is 0 Å². The predicted molar refractivity (Wildman–Crippen MR) is 40.3 cm³/mol. The van der Waals surface area contributed by atoms with Crippen molar-refractivity contribution in [2.45, 2.75) is 20.0 Å². The Morgan fingerprint density at radius 2 is 2.00 bits per heavy atom. The van der Waals surface area contributed by atoms with Gasteiger partial charge < -0.3 is 10.0 Å². The summed E-state index contributed by atoms with van der Waals surface area (Å²) in [4.78, 5) is 11.8. The number of rotatable bonds is 5. The highest BCUT2D eigenvalue weighted by Gasteiger charge is 2.17. The van der Waals surface area contributed by atoms with Gasteiger partial charge in [-0.2, -0.15) is 0 Å². The van der Waals surface area contributed by atoms with E-state index >= 15 is 0 Å². The summed E-state index contributed by atoms with van der Waals surface area (Å²) in [6.07, 6.45) is -1.75. The normalized spacial score (nSPS) is 13.5. The van der Waals surface area contributed by atoms with Gasteiger partial charge in [0.05, 0.1) is 0 Å². The molecular formula is C7H14FNO2. The minimum Gasteiger partial charge on any atom is -0.479 e. The van der Waals surface area contributed by atoms with Gasteiger partial charge in [-0.05, 0) is 13.1 Å². The summed E-state index contributed by atoms with van der Waals surface area (Å²) in [5, 5.41) is 8.22. The molecular weight excluding hydrogens is 149 g/mol. The van der Waals surface area contributed by atoms with Gasteiger partial charge in [-0.1, -0.05) is 13.8 Å². The monoisotopic (exact) mass is 163 g/mol. The Hall–Kier alpha value is -0.640. The number of carbonyl (C=O) groups is 1. The van der Waals surface area contributed by atoms with Gasteiger partial charge in [0.25, 0.3) is 0 Å². The largest absolute Gasteiger partial charge is 0.479 e. The second-order valence-electron chi connectivity index (χ2n) is 2.29. The number of hydrogen-bond acceptors (Lipinski definition) is 2. The lowest BCUT2D eigenvalue weighted by molar-refractivity contribution is -0.143. The van der Waals surface area contributed by atoms with Crippen LogP contribution in [0.15, 0.2) is 0 Å². The fraction of sp³-hybridized carbons (Fsp3) is 0.857. The smallest absolute Gasteiger partial charge is 0.339 e. The van der Waals surface area contributed by atoms with Crippen molar-refractivity contribution in [2.24, 2.45) is 0 Å². The molecule has 0 radical (unpaired) electrons. The molecule has 0 aliphatic rings. The molecule has 11 heavy (non-hydrogen) atoms. The summed E-state index contributed by atoms with van der Waals surface area (Å²) < 4.78 is 12.5. The van der Waals surface area contributed by atoms with Gasteiger partial charge in [0.15, 0.2) is 0 Å². The summed E-state index contributed by atoms with van der Waals surface area (Å²) in [6, 6.07) is 0. The first-order chi connectivity index (χ1) is 5.11. The molecule has 0 saturated heterocycles. The van der Waals surface area contributed by atoms with Gasteiger partial charge in [-0.3, -0.25) is 0 Å². The highest BCUT2D eigenvalue weighted by atomic mass is 19.1. The topological polar surface area (TPSA) is 40.5 Å². The van der Waals surface area contributed by atoms with Crippen LogP contribution in [0.5, 0.6) is 0 Å². The van der Waals surface area contributed by atoms with Gasteiger partial charge in [-0.15, -0.1) is 0 Å². The van der Waals surface area contributed by atoms with Crippen molar-refractivity contribution >= 4 is 5.97 Å². The molecule has 1 atom stereocenters. The molecule has 0 spiro atoms. The molecule has 0 aliphatic carbocycles. The number of alkyl halides is 1. The number of carboxylic acids is 1. The molecule has 66 valence electrons. The number of aliphatic carboxylic acids is 1. The Labute approximate surface area is 65.8 Å². The number of nitrogens with zero attached hydrogens (tertiary/aromatic N) is 1. The molecule has 3 nitrogen and oxygen atoms in total. The SMILES string of the molecule is CCN(CC)CC(F)C(=O)O. The number of halogens is 1. The molecule has 0 bridgehead atoms. The molecule has 0 heterocycles. The third-order valence-corrected chi connectivity index (χ3v) is 1.58. The molecule has 1 unspecified atom stereocenters. The summed E-state index contributed by atoms with van der Waals surface area (Å²) in [7, 11) is 0. The second-order valence-corrected chi connectivity index (χ2v) is 2.29. The van der Waals surface area contributed by atoms with Crippen LogP contribution in [-0.4, -0.2) is 41.8 Å². The molecule has 1 N–H and O–H groups in total. The first-order valence-corrected chi connectivity index (χ1v) is 3.71. The summed E-state index contributed by atoms with van der Waals surface area (Å²) in [5.41, 5.74) is 0. The van der Waals surface area contributed by atoms with Gasteiger partial charge >= 0.3 is 5.97 Å². The van der Waals surface area contributed by atoms with E-state index in [1.54, 1.807) is 4.90 Å². The van der Waals surface area contributed by atoms with Crippen LogP contribution in [0, 0.1) is 0 Å². The van der Waals surface area contributed by atoms with Crippen LogP contribution in [0.4, 0.5) is 4.39 Å². The number of hydrogen-bond donors (Lipinski definition) is 1. The lowest BCUT2D eigenvalue weighted by Gasteiger charge is -2.17. The van der Waals surface area contributed by atoms with Crippen molar-refractivity contribution in [1.82, 2.24) is 4.90 Å². The Morgan fingerprint density at radius 3 is 2.27 bits per heavy atom. The number of carboxylic acid groups (broad SMARTS) is 1. The van der Waals surface area contributed by atoms with Crippen molar-refractivity contribution in [3.8, 4) is 0 Å². The van der Waals surface area contributed by atoms with Crippen LogP contribution in [0.25, 0.3) is 0 Å². The molecule has 0 saturated carbocycles. The fourth-order valence-corrected chi connectivity index (χ4v) is 0.787. The van der Waals surface area contributed by atoms with Crippen molar-refractivity contribution in [2.75, 3.05) is 19.6 Å². The van der Waals surface area contributed by atoms with Crippen LogP contribution in [0.1, 0.15) is 13.8 Å². The van der Waals surface area contributed by atoms with E-state index in [4.69, 9.17) is 5.11 Å².